The highest BCUT2D eigenvalue weighted by molar-refractivity contribution is 6.04. The third-order valence-electron chi connectivity index (χ3n) is 2.84. The van der Waals surface area contributed by atoms with E-state index in [0.717, 1.165) is 12.8 Å². The van der Waals surface area contributed by atoms with Crippen LogP contribution in [0.15, 0.2) is 18.7 Å². The predicted molar refractivity (Wildman–Crippen MR) is 57.5 cm³/mol. The molecule has 5 nitrogen and oxygen atoms in total. The fourth-order valence-electron chi connectivity index (χ4n) is 1.90. The number of likely N-dealkylation sites (tertiary alicyclic amines) is 1. The first-order chi connectivity index (χ1) is 7.74. The molecular formula is C11H15N3O2. The van der Waals surface area contributed by atoms with Gasteiger partial charge < -0.3 is 4.57 Å². The first-order valence-electron chi connectivity index (χ1n) is 5.55. The summed E-state index contributed by atoms with van der Waals surface area (Å²) in [5.41, 5.74) is 0. The Hall–Kier alpha value is -1.65. The van der Waals surface area contributed by atoms with Crippen LogP contribution >= 0.6 is 0 Å². The average molecular weight is 221 g/mol. The van der Waals surface area contributed by atoms with E-state index < -0.39 is 0 Å². The van der Waals surface area contributed by atoms with Crippen LogP contribution in [0.3, 0.4) is 0 Å². The maximum absolute atomic E-state index is 12.0. The summed E-state index contributed by atoms with van der Waals surface area (Å²) in [7, 11) is 0. The molecule has 0 aliphatic carbocycles. The largest absolute Gasteiger partial charge is 0.324 e. The normalized spacial score (nSPS) is 20.8. The lowest BCUT2D eigenvalue weighted by atomic mass is 10.2. The van der Waals surface area contributed by atoms with Crippen LogP contribution in [0.4, 0.5) is 0 Å². The molecule has 0 saturated carbocycles. The average Bonchev–Trinajstić information content (AvgIpc) is 2.86. The fraction of sp³-hybridized carbons (Fsp3) is 0.545. The molecule has 1 aromatic rings. The van der Waals surface area contributed by atoms with Crippen LogP contribution in [0.1, 0.15) is 32.2 Å². The summed E-state index contributed by atoms with van der Waals surface area (Å²) in [6.45, 7) is 2.58. The number of hydrogen-bond donors (Lipinski definition) is 0. The van der Waals surface area contributed by atoms with Gasteiger partial charge in [-0.2, -0.15) is 0 Å². The van der Waals surface area contributed by atoms with Crippen LogP contribution in [-0.4, -0.2) is 32.8 Å². The van der Waals surface area contributed by atoms with E-state index in [4.69, 9.17) is 0 Å². The highest BCUT2D eigenvalue weighted by Gasteiger charge is 2.38. The molecule has 1 aliphatic rings. The second-order valence-electron chi connectivity index (χ2n) is 3.97. The molecule has 2 heterocycles. The number of nitrogens with zero attached hydrogens (tertiary/aromatic N) is 3. The predicted octanol–water partition coefficient (Wildman–Crippen LogP) is 0.983. The van der Waals surface area contributed by atoms with E-state index >= 15 is 0 Å². The van der Waals surface area contributed by atoms with Crippen molar-refractivity contribution in [3.8, 4) is 0 Å². The Labute approximate surface area is 94.1 Å². The highest BCUT2D eigenvalue weighted by Crippen LogP contribution is 2.24. The number of imide groups is 1. The van der Waals surface area contributed by atoms with Crippen molar-refractivity contribution in [2.24, 2.45) is 0 Å². The molecule has 0 radical (unpaired) electrons. The van der Waals surface area contributed by atoms with E-state index in [2.05, 4.69) is 4.98 Å². The molecule has 2 rings (SSSR count). The Morgan fingerprint density at radius 2 is 2.31 bits per heavy atom. The molecule has 0 spiro atoms. The Balaban J connectivity index is 2.10. The molecule has 86 valence electrons. The van der Waals surface area contributed by atoms with Gasteiger partial charge in [-0.1, -0.05) is 13.3 Å². The Bertz CT molecular complexity index is 386. The Kier molecular flexibility index (Phi) is 3.03. The third-order valence-corrected chi connectivity index (χ3v) is 2.84. The van der Waals surface area contributed by atoms with Gasteiger partial charge in [-0.05, 0) is 6.42 Å². The van der Waals surface area contributed by atoms with E-state index in [1.807, 2.05) is 6.92 Å². The maximum Gasteiger partial charge on any atom is 0.252 e. The van der Waals surface area contributed by atoms with Gasteiger partial charge in [-0.15, -0.1) is 0 Å². The zero-order valence-electron chi connectivity index (χ0n) is 9.30. The van der Waals surface area contributed by atoms with Crippen molar-refractivity contribution in [1.29, 1.82) is 0 Å². The lowest BCUT2D eigenvalue weighted by molar-refractivity contribution is -0.139. The van der Waals surface area contributed by atoms with E-state index in [0.29, 0.717) is 6.54 Å². The number of imidazole rings is 1. The second-order valence-corrected chi connectivity index (χ2v) is 3.97. The summed E-state index contributed by atoms with van der Waals surface area (Å²) in [6.07, 6.45) is 7.03. The minimum Gasteiger partial charge on any atom is -0.324 e. The zero-order chi connectivity index (χ0) is 11.5. The first kappa shape index (κ1) is 10.9. The SMILES string of the molecule is CCCCN1C(=O)CC(n2ccnc2)C1=O. The molecule has 1 aliphatic heterocycles. The maximum atomic E-state index is 12.0. The van der Waals surface area contributed by atoms with Crippen molar-refractivity contribution in [2.45, 2.75) is 32.2 Å². The molecule has 16 heavy (non-hydrogen) atoms. The number of amides is 2. The van der Waals surface area contributed by atoms with Gasteiger partial charge in [0, 0.05) is 18.9 Å². The molecule has 0 bridgehead atoms. The molecule has 0 N–H and O–H groups in total. The van der Waals surface area contributed by atoms with E-state index in [1.54, 1.807) is 23.3 Å². The molecule has 1 fully saturated rings. The number of unbranched alkanes of at least 4 members (excludes halogenated alkanes) is 1. The fourth-order valence-corrected chi connectivity index (χ4v) is 1.90. The van der Waals surface area contributed by atoms with Gasteiger partial charge in [-0.3, -0.25) is 14.5 Å². The van der Waals surface area contributed by atoms with Crippen LogP contribution in [0, 0.1) is 0 Å². The Morgan fingerprint density at radius 3 is 2.94 bits per heavy atom. The van der Waals surface area contributed by atoms with Crippen molar-refractivity contribution in [1.82, 2.24) is 14.5 Å². The number of aromatic nitrogens is 2. The van der Waals surface area contributed by atoms with Gasteiger partial charge in [0.05, 0.1) is 12.7 Å². The van der Waals surface area contributed by atoms with Crippen molar-refractivity contribution >= 4 is 11.8 Å². The van der Waals surface area contributed by atoms with Gasteiger partial charge in [-0.25, -0.2) is 4.98 Å². The summed E-state index contributed by atoms with van der Waals surface area (Å²) in [6, 6.07) is -0.383. The van der Waals surface area contributed by atoms with Crippen molar-refractivity contribution < 1.29 is 9.59 Å². The van der Waals surface area contributed by atoms with Crippen LogP contribution in [0.25, 0.3) is 0 Å². The van der Waals surface area contributed by atoms with E-state index in [-0.39, 0.29) is 24.3 Å². The topological polar surface area (TPSA) is 55.2 Å². The number of rotatable bonds is 4. The quantitative estimate of drug-likeness (QED) is 0.712. The smallest absolute Gasteiger partial charge is 0.252 e. The van der Waals surface area contributed by atoms with Crippen LogP contribution < -0.4 is 0 Å². The molecule has 1 saturated heterocycles. The lowest BCUT2D eigenvalue weighted by Gasteiger charge is -2.14. The highest BCUT2D eigenvalue weighted by atomic mass is 16.2. The van der Waals surface area contributed by atoms with Gasteiger partial charge in [0.1, 0.15) is 6.04 Å². The summed E-state index contributed by atoms with van der Waals surface area (Å²) in [4.78, 5) is 28.9. The Morgan fingerprint density at radius 1 is 1.50 bits per heavy atom. The minimum atomic E-state index is -0.383. The molecule has 0 aromatic carbocycles. The van der Waals surface area contributed by atoms with Gasteiger partial charge in [0.2, 0.25) is 5.91 Å². The molecular weight excluding hydrogens is 206 g/mol. The first-order valence-corrected chi connectivity index (χ1v) is 5.55. The number of carbonyl (C=O) groups is 2. The number of hydrogen-bond acceptors (Lipinski definition) is 3. The minimum absolute atomic E-state index is 0.0721. The summed E-state index contributed by atoms with van der Waals surface area (Å²) in [5, 5.41) is 0. The van der Waals surface area contributed by atoms with E-state index in [1.165, 1.54) is 4.90 Å². The molecule has 1 unspecified atom stereocenters. The van der Waals surface area contributed by atoms with Crippen LogP contribution in [-0.2, 0) is 9.59 Å². The standard InChI is InChI=1S/C11H15N3O2/c1-2-3-5-14-10(15)7-9(11(14)16)13-6-4-12-8-13/h4,6,8-9H,2-3,5,7H2,1H3. The van der Waals surface area contributed by atoms with E-state index in [9.17, 15) is 9.59 Å². The lowest BCUT2D eigenvalue weighted by Crippen LogP contribution is -2.32. The van der Waals surface area contributed by atoms with Crippen molar-refractivity contribution in [3.63, 3.8) is 0 Å². The summed E-state index contributed by atoms with van der Waals surface area (Å²) < 4.78 is 1.70. The second kappa shape index (κ2) is 4.47. The zero-order valence-corrected chi connectivity index (χ0v) is 9.30. The van der Waals surface area contributed by atoms with Gasteiger partial charge >= 0.3 is 0 Å². The summed E-state index contributed by atoms with van der Waals surface area (Å²) >= 11 is 0. The van der Waals surface area contributed by atoms with Gasteiger partial charge in [0.15, 0.2) is 0 Å². The molecule has 1 aromatic heterocycles. The molecule has 5 heteroatoms. The van der Waals surface area contributed by atoms with Crippen LogP contribution in [0.2, 0.25) is 0 Å². The van der Waals surface area contributed by atoms with Crippen molar-refractivity contribution in [2.75, 3.05) is 6.54 Å². The summed E-state index contributed by atoms with van der Waals surface area (Å²) in [5.74, 6) is -0.173. The third kappa shape index (κ3) is 1.85. The molecule has 2 amide bonds. The van der Waals surface area contributed by atoms with Crippen molar-refractivity contribution in [3.05, 3.63) is 18.7 Å². The molecule has 1 atom stereocenters. The van der Waals surface area contributed by atoms with Crippen LogP contribution in [0.5, 0.6) is 0 Å². The number of carbonyl (C=O) groups excluding carboxylic acids is 2. The monoisotopic (exact) mass is 221 g/mol. The van der Waals surface area contributed by atoms with Gasteiger partial charge in [0.25, 0.3) is 5.91 Å².